The molecule has 3 rings (SSSR count). The first-order chi connectivity index (χ1) is 8.86. The van der Waals surface area contributed by atoms with Crippen LogP contribution in [0.4, 0.5) is 0 Å². The number of ether oxygens (including phenoxy) is 1. The Labute approximate surface area is 101 Å². The predicted octanol–water partition coefficient (Wildman–Crippen LogP) is 1.80. The maximum absolute atomic E-state index is 5.09. The molecule has 0 radical (unpaired) electrons. The Morgan fingerprint density at radius 1 is 1.22 bits per heavy atom. The van der Waals surface area contributed by atoms with Crippen LogP contribution < -0.4 is 4.74 Å². The third-order valence-corrected chi connectivity index (χ3v) is 2.29. The molecule has 7 nitrogen and oxygen atoms in total. The van der Waals surface area contributed by atoms with Crippen LogP contribution in [-0.4, -0.2) is 27.4 Å². The van der Waals surface area contributed by atoms with Gasteiger partial charge in [0.05, 0.1) is 7.11 Å². The Kier molecular flexibility index (Phi) is 2.49. The number of nitrogens with zero attached hydrogens (tertiary/aromatic N) is 4. The van der Waals surface area contributed by atoms with Crippen LogP contribution in [0, 0.1) is 0 Å². The van der Waals surface area contributed by atoms with Gasteiger partial charge in [0.1, 0.15) is 6.26 Å². The van der Waals surface area contributed by atoms with Crippen molar-refractivity contribution in [1.29, 1.82) is 0 Å². The van der Waals surface area contributed by atoms with Gasteiger partial charge >= 0.3 is 0 Å². The number of aromatic nitrogens is 4. The zero-order chi connectivity index (χ0) is 12.4. The number of hydrogen-bond acceptors (Lipinski definition) is 7. The molecule has 0 unspecified atom stereocenters. The second-order valence-electron chi connectivity index (χ2n) is 3.39. The zero-order valence-corrected chi connectivity index (χ0v) is 9.40. The van der Waals surface area contributed by atoms with Crippen molar-refractivity contribution in [2.24, 2.45) is 0 Å². The van der Waals surface area contributed by atoms with E-state index in [1.807, 2.05) is 0 Å². The normalized spacial score (nSPS) is 10.5. The van der Waals surface area contributed by atoms with Gasteiger partial charge in [-0.25, -0.2) is 4.98 Å². The van der Waals surface area contributed by atoms with Gasteiger partial charge in [0.15, 0.2) is 5.69 Å². The van der Waals surface area contributed by atoms with Crippen LogP contribution in [0.3, 0.4) is 0 Å². The monoisotopic (exact) mass is 244 g/mol. The van der Waals surface area contributed by atoms with Gasteiger partial charge in [-0.1, -0.05) is 10.3 Å². The van der Waals surface area contributed by atoms with Crippen molar-refractivity contribution in [2.45, 2.75) is 0 Å². The van der Waals surface area contributed by atoms with Gasteiger partial charge in [-0.05, 0) is 6.07 Å². The molecule has 0 aliphatic carbocycles. The summed E-state index contributed by atoms with van der Waals surface area (Å²) < 4.78 is 14.8. The van der Waals surface area contributed by atoms with Crippen molar-refractivity contribution in [3.05, 3.63) is 30.7 Å². The summed E-state index contributed by atoms with van der Waals surface area (Å²) >= 11 is 0. The van der Waals surface area contributed by atoms with Gasteiger partial charge in [-0.3, -0.25) is 0 Å². The van der Waals surface area contributed by atoms with E-state index in [9.17, 15) is 0 Å². The largest absolute Gasteiger partial charge is 0.481 e. The van der Waals surface area contributed by atoms with Gasteiger partial charge in [0.25, 0.3) is 5.89 Å². The molecule has 7 heteroatoms. The molecule has 0 amide bonds. The highest BCUT2D eigenvalue weighted by molar-refractivity contribution is 5.58. The van der Waals surface area contributed by atoms with E-state index in [1.54, 1.807) is 31.5 Å². The smallest absolute Gasteiger partial charge is 0.280 e. The van der Waals surface area contributed by atoms with Crippen LogP contribution in [0.2, 0.25) is 0 Å². The molecule has 0 saturated heterocycles. The highest BCUT2D eigenvalue weighted by atomic mass is 16.5. The summed E-state index contributed by atoms with van der Waals surface area (Å²) in [5.74, 6) is 1.23. The maximum Gasteiger partial charge on any atom is 0.280 e. The summed E-state index contributed by atoms with van der Waals surface area (Å²) in [4.78, 5) is 8.22. The Morgan fingerprint density at radius 3 is 2.94 bits per heavy atom. The Bertz CT molecular complexity index is 648. The Balaban J connectivity index is 1.97. The first-order valence-corrected chi connectivity index (χ1v) is 5.11. The lowest BCUT2D eigenvalue weighted by Crippen LogP contribution is -1.88. The molecular formula is C11H8N4O3. The van der Waals surface area contributed by atoms with Gasteiger partial charge in [-0.15, -0.1) is 0 Å². The lowest BCUT2D eigenvalue weighted by Gasteiger charge is -1.98. The molecule has 3 heterocycles. The van der Waals surface area contributed by atoms with E-state index in [-0.39, 0.29) is 0 Å². The second-order valence-corrected chi connectivity index (χ2v) is 3.39. The third-order valence-electron chi connectivity index (χ3n) is 2.29. The molecule has 0 N–H and O–H groups in total. The first-order valence-electron chi connectivity index (χ1n) is 5.11. The quantitative estimate of drug-likeness (QED) is 0.694. The minimum absolute atomic E-state index is 0.300. The molecule has 0 fully saturated rings. The van der Waals surface area contributed by atoms with Crippen molar-refractivity contribution in [3.8, 4) is 28.9 Å². The summed E-state index contributed by atoms with van der Waals surface area (Å²) in [6.07, 6.45) is 3.05. The van der Waals surface area contributed by atoms with E-state index in [2.05, 4.69) is 20.3 Å². The molecular weight excluding hydrogens is 236 g/mol. The minimum atomic E-state index is 0.300. The van der Waals surface area contributed by atoms with Crippen LogP contribution in [-0.2, 0) is 0 Å². The van der Waals surface area contributed by atoms with E-state index < -0.39 is 0 Å². The molecule has 0 atom stereocenters. The lowest BCUT2D eigenvalue weighted by atomic mass is 10.2. The molecule has 0 bridgehead atoms. The molecule has 0 saturated carbocycles. The van der Waals surface area contributed by atoms with Crippen LogP contribution in [0.25, 0.3) is 23.0 Å². The average Bonchev–Trinajstić information content (AvgIpc) is 3.09. The third kappa shape index (κ3) is 1.81. The fourth-order valence-electron chi connectivity index (χ4n) is 1.43. The fourth-order valence-corrected chi connectivity index (χ4v) is 1.43. The van der Waals surface area contributed by atoms with Crippen LogP contribution in [0.1, 0.15) is 0 Å². The molecule has 3 aromatic heterocycles. The molecule has 0 spiro atoms. The fraction of sp³-hybridized carbons (Fsp3) is 0.0909. The van der Waals surface area contributed by atoms with E-state index in [0.717, 1.165) is 5.56 Å². The first kappa shape index (κ1) is 10.5. The summed E-state index contributed by atoms with van der Waals surface area (Å²) in [7, 11) is 1.54. The number of rotatable bonds is 3. The van der Waals surface area contributed by atoms with E-state index in [1.165, 1.54) is 6.26 Å². The van der Waals surface area contributed by atoms with E-state index in [4.69, 9.17) is 13.8 Å². The van der Waals surface area contributed by atoms with Crippen molar-refractivity contribution in [3.63, 3.8) is 0 Å². The molecule has 0 aliphatic heterocycles. The summed E-state index contributed by atoms with van der Waals surface area (Å²) in [5.41, 5.74) is 1.25. The van der Waals surface area contributed by atoms with Gasteiger partial charge in [0, 0.05) is 23.9 Å². The maximum atomic E-state index is 5.09. The Hall–Kier alpha value is -2.70. The van der Waals surface area contributed by atoms with Crippen molar-refractivity contribution < 1.29 is 13.8 Å². The zero-order valence-electron chi connectivity index (χ0n) is 9.40. The number of pyridine rings is 1. The highest BCUT2D eigenvalue weighted by Gasteiger charge is 2.13. The molecule has 0 aliphatic rings. The summed E-state index contributed by atoms with van der Waals surface area (Å²) in [6.45, 7) is 0. The van der Waals surface area contributed by atoms with Crippen molar-refractivity contribution in [1.82, 2.24) is 20.3 Å². The molecule has 0 aromatic carbocycles. The standard InChI is InChI=1S/C11H8N4O3/c1-16-9-6-7(2-4-12-9)10-13-11(18-15-10)8-3-5-17-14-8/h2-6H,1H3. The van der Waals surface area contributed by atoms with Gasteiger partial charge in [0.2, 0.25) is 11.7 Å². The second kappa shape index (κ2) is 4.28. The predicted molar refractivity (Wildman–Crippen MR) is 59.6 cm³/mol. The van der Waals surface area contributed by atoms with Crippen LogP contribution in [0.15, 0.2) is 39.7 Å². The highest BCUT2D eigenvalue weighted by Crippen LogP contribution is 2.22. The van der Waals surface area contributed by atoms with Crippen molar-refractivity contribution >= 4 is 0 Å². The Morgan fingerprint density at radius 2 is 2.17 bits per heavy atom. The topological polar surface area (TPSA) is 87.1 Å². The van der Waals surface area contributed by atoms with Crippen LogP contribution in [0.5, 0.6) is 5.88 Å². The van der Waals surface area contributed by atoms with Crippen molar-refractivity contribution in [2.75, 3.05) is 7.11 Å². The summed E-state index contributed by atoms with van der Waals surface area (Å²) in [6, 6.07) is 5.13. The number of methoxy groups -OCH3 is 1. The number of hydrogen-bond donors (Lipinski definition) is 0. The summed E-state index contributed by atoms with van der Waals surface area (Å²) in [5, 5.41) is 7.59. The lowest BCUT2D eigenvalue weighted by molar-refractivity contribution is 0.398. The molecule has 3 aromatic rings. The molecule has 18 heavy (non-hydrogen) atoms. The van der Waals surface area contributed by atoms with Crippen LogP contribution >= 0.6 is 0 Å². The van der Waals surface area contributed by atoms with Gasteiger partial charge in [-0.2, -0.15) is 4.98 Å². The van der Waals surface area contributed by atoms with E-state index >= 15 is 0 Å². The molecule has 90 valence electrons. The minimum Gasteiger partial charge on any atom is -0.481 e. The SMILES string of the molecule is COc1cc(-c2noc(-c3ccon3)n2)ccn1. The van der Waals surface area contributed by atoms with Gasteiger partial charge < -0.3 is 13.8 Å². The van der Waals surface area contributed by atoms with E-state index in [0.29, 0.717) is 23.3 Å². The average molecular weight is 244 g/mol.